The van der Waals surface area contributed by atoms with Gasteiger partial charge < -0.3 is 15.6 Å². The zero-order chi connectivity index (χ0) is 13.3. The lowest BCUT2D eigenvalue weighted by Gasteiger charge is -2.23. The van der Waals surface area contributed by atoms with Gasteiger partial charge in [0.15, 0.2) is 9.84 Å². The van der Waals surface area contributed by atoms with E-state index in [1.807, 2.05) is 0 Å². The molecule has 1 fully saturated rings. The van der Waals surface area contributed by atoms with E-state index in [9.17, 15) is 13.2 Å². The third kappa shape index (κ3) is 2.84. The SMILES string of the molecule is Cn1cc(N)cc1C(=O)NC1CCCS(=O)(=O)C1. The summed E-state index contributed by atoms with van der Waals surface area (Å²) in [6.07, 6.45) is 2.94. The van der Waals surface area contributed by atoms with Crippen LogP contribution in [0.4, 0.5) is 5.69 Å². The van der Waals surface area contributed by atoms with E-state index in [4.69, 9.17) is 5.73 Å². The Morgan fingerprint density at radius 3 is 2.83 bits per heavy atom. The van der Waals surface area contributed by atoms with E-state index in [1.165, 1.54) is 0 Å². The van der Waals surface area contributed by atoms with E-state index in [0.29, 0.717) is 24.2 Å². The van der Waals surface area contributed by atoms with Gasteiger partial charge >= 0.3 is 0 Å². The highest BCUT2D eigenvalue weighted by Crippen LogP contribution is 2.14. The average molecular weight is 271 g/mol. The third-order valence-electron chi connectivity index (χ3n) is 3.06. The standard InChI is InChI=1S/C11H17N3O3S/c1-14-6-8(12)5-10(14)11(15)13-9-3-2-4-18(16,17)7-9/h5-6,9H,2-4,7,12H2,1H3,(H,13,15). The predicted molar refractivity (Wildman–Crippen MR) is 69.0 cm³/mol. The fourth-order valence-electron chi connectivity index (χ4n) is 2.21. The molecule has 1 saturated heterocycles. The molecule has 0 bridgehead atoms. The Morgan fingerprint density at radius 1 is 1.56 bits per heavy atom. The molecule has 1 aliphatic rings. The molecule has 100 valence electrons. The number of hydrogen-bond acceptors (Lipinski definition) is 4. The van der Waals surface area contributed by atoms with Gasteiger partial charge in [-0.15, -0.1) is 0 Å². The second kappa shape index (κ2) is 4.64. The minimum absolute atomic E-state index is 0.0264. The summed E-state index contributed by atoms with van der Waals surface area (Å²) < 4.78 is 24.6. The second-order valence-electron chi connectivity index (χ2n) is 4.70. The first kappa shape index (κ1) is 12.9. The van der Waals surface area contributed by atoms with Crippen molar-refractivity contribution >= 4 is 21.4 Å². The number of carbonyl (C=O) groups is 1. The van der Waals surface area contributed by atoms with Crippen LogP contribution in [0.5, 0.6) is 0 Å². The molecule has 18 heavy (non-hydrogen) atoms. The number of rotatable bonds is 2. The van der Waals surface area contributed by atoms with Crippen LogP contribution in [0.1, 0.15) is 23.3 Å². The number of aromatic nitrogens is 1. The van der Waals surface area contributed by atoms with Crippen LogP contribution < -0.4 is 11.1 Å². The Kier molecular flexibility index (Phi) is 3.34. The molecule has 1 atom stereocenters. The van der Waals surface area contributed by atoms with Gasteiger partial charge in [0.05, 0.1) is 17.2 Å². The van der Waals surface area contributed by atoms with Gasteiger partial charge in [0.25, 0.3) is 5.91 Å². The van der Waals surface area contributed by atoms with Crippen LogP contribution in [-0.2, 0) is 16.9 Å². The van der Waals surface area contributed by atoms with Gasteiger partial charge in [0.1, 0.15) is 5.69 Å². The number of nitrogen functional groups attached to an aromatic ring is 1. The van der Waals surface area contributed by atoms with Gasteiger partial charge in [-0.25, -0.2) is 8.42 Å². The second-order valence-corrected chi connectivity index (χ2v) is 6.93. The van der Waals surface area contributed by atoms with Gasteiger partial charge in [0, 0.05) is 19.3 Å². The first-order chi connectivity index (χ1) is 8.37. The van der Waals surface area contributed by atoms with E-state index < -0.39 is 9.84 Å². The number of nitrogens with one attached hydrogen (secondary N) is 1. The minimum atomic E-state index is -3.01. The normalized spacial score (nSPS) is 22.6. The highest BCUT2D eigenvalue weighted by atomic mass is 32.2. The Morgan fingerprint density at radius 2 is 2.28 bits per heavy atom. The van der Waals surface area contributed by atoms with Crippen molar-refractivity contribution in [2.24, 2.45) is 7.05 Å². The molecule has 0 aliphatic carbocycles. The smallest absolute Gasteiger partial charge is 0.268 e. The molecule has 0 radical (unpaired) electrons. The Balaban J connectivity index is 2.06. The number of hydrogen-bond donors (Lipinski definition) is 2. The lowest BCUT2D eigenvalue weighted by atomic mass is 10.2. The van der Waals surface area contributed by atoms with Crippen molar-refractivity contribution < 1.29 is 13.2 Å². The Hall–Kier alpha value is -1.50. The van der Waals surface area contributed by atoms with Crippen LogP contribution in [0, 0.1) is 0 Å². The maximum atomic E-state index is 12.0. The number of aryl methyl sites for hydroxylation is 1. The number of sulfone groups is 1. The molecule has 7 heteroatoms. The molecule has 1 unspecified atom stereocenters. The highest BCUT2D eigenvalue weighted by molar-refractivity contribution is 7.91. The van der Waals surface area contributed by atoms with Crippen molar-refractivity contribution in [2.45, 2.75) is 18.9 Å². The van der Waals surface area contributed by atoms with Gasteiger partial charge in [-0.1, -0.05) is 0 Å². The number of nitrogens with two attached hydrogens (primary N) is 1. The van der Waals surface area contributed by atoms with Crippen LogP contribution in [0.2, 0.25) is 0 Å². The quantitative estimate of drug-likeness (QED) is 0.786. The zero-order valence-corrected chi connectivity index (χ0v) is 11.0. The van der Waals surface area contributed by atoms with Crippen molar-refractivity contribution in [2.75, 3.05) is 17.2 Å². The van der Waals surface area contributed by atoms with Crippen molar-refractivity contribution in [3.05, 3.63) is 18.0 Å². The molecule has 1 amide bonds. The summed E-state index contributed by atoms with van der Waals surface area (Å²) in [5.74, 6) is -0.0360. The molecule has 0 saturated carbocycles. The van der Waals surface area contributed by atoms with Crippen molar-refractivity contribution in [1.29, 1.82) is 0 Å². The maximum Gasteiger partial charge on any atom is 0.268 e. The number of amides is 1. The van der Waals surface area contributed by atoms with Crippen LogP contribution >= 0.6 is 0 Å². The molecule has 6 nitrogen and oxygen atoms in total. The fourth-order valence-corrected chi connectivity index (χ4v) is 3.85. The third-order valence-corrected chi connectivity index (χ3v) is 4.88. The first-order valence-electron chi connectivity index (χ1n) is 5.80. The zero-order valence-electron chi connectivity index (χ0n) is 10.2. The fraction of sp³-hybridized carbons (Fsp3) is 0.545. The maximum absolute atomic E-state index is 12.0. The van der Waals surface area contributed by atoms with Crippen LogP contribution in [0.3, 0.4) is 0 Å². The molecule has 0 aromatic carbocycles. The molecule has 1 aromatic rings. The van der Waals surface area contributed by atoms with Gasteiger partial charge in [-0.05, 0) is 18.9 Å². The van der Waals surface area contributed by atoms with E-state index in [2.05, 4.69) is 5.32 Å². The molecule has 1 aromatic heterocycles. The van der Waals surface area contributed by atoms with Crippen LogP contribution in [0.15, 0.2) is 12.3 Å². The van der Waals surface area contributed by atoms with Gasteiger partial charge in [-0.2, -0.15) is 0 Å². The number of anilines is 1. The van der Waals surface area contributed by atoms with E-state index in [-0.39, 0.29) is 23.5 Å². The molecule has 3 N–H and O–H groups in total. The Bertz CT molecular complexity index is 562. The van der Waals surface area contributed by atoms with Crippen molar-refractivity contribution in [3.8, 4) is 0 Å². The van der Waals surface area contributed by atoms with Gasteiger partial charge in [-0.3, -0.25) is 4.79 Å². The summed E-state index contributed by atoms with van der Waals surface area (Å²) >= 11 is 0. The summed E-state index contributed by atoms with van der Waals surface area (Å²) in [6.45, 7) is 0. The summed E-state index contributed by atoms with van der Waals surface area (Å²) in [5, 5.41) is 2.75. The largest absolute Gasteiger partial charge is 0.397 e. The Labute approximate surface area is 106 Å². The first-order valence-corrected chi connectivity index (χ1v) is 7.63. The van der Waals surface area contributed by atoms with Crippen LogP contribution in [0.25, 0.3) is 0 Å². The highest BCUT2D eigenvalue weighted by Gasteiger charge is 2.26. The number of nitrogens with zero attached hydrogens (tertiary/aromatic N) is 1. The van der Waals surface area contributed by atoms with E-state index >= 15 is 0 Å². The van der Waals surface area contributed by atoms with Crippen molar-refractivity contribution in [1.82, 2.24) is 9.88 Å². The summed E-state index contributed by atoms with van der Waals surface area (Å²) in [7, 11) is -1.29. The lowest BCUT2D eigenvalue weighted by Crippen LogP contribution is -2.43. The predicted octanol–water partition coefficient (Wildman–Crippen LogP) is -0.0857. The van der Waals surface area contributed by atoms with E-state index in [1.54, 1.807) is 23.9 Å². The molecular formula is C11H17N3O3S. The van der Waals surface area contributed by atoms with Crippen LogP contribution in [-0.4, -0.2) is 36.4 Å². The molecule has 2 rings (SSSR count). The molecule has 1 aliphatic heterocycles. The van der Waals surface area contributed by atoms with Crippen molar-refractivity contribution in [3.63, 3.8) is 0 Å². The lowest BCUT2D eigenvalue weighted by molar-refractivity contribution is 0.0930. The number of carbonyl (C=O) groups excluding carboxylic acids is 1. The summed E-state index contributed by atoms with van der Waals surface area (Å²) in [6, 6.07) is 1.28. The molecule has 0 spiro atoms. The molecular weight excluding hydrogens is 254 g/mol. The summed E-state index contributed by atoms with van der Waals surface area (Å²) in [5.41, 5.74) is 6.55. The average Bonchev–Trinajstić information content (AvgIpc) is 2.56. The van der Waals surface area contributed by atoms with E-state index in [0.717, 1.165) is 0 Å². The monoisotopic (exact) mass is 271 g/mol. The topological polar surface area (TPSA) is 94.2 Å². The summed E-state index contributed by atoms with van der Waals surface area (Å²) in [4.78, 5) is 12.0. The molecule has 2 heterocycles. The van der Waals surface area contributed by atoms with Gasteiger partial charge in [0.2, 0.25) is 0 Å². The minimum Gasteiger partial charge on any atom is -0.397 e.